The molecule has 0 saturated carbocycles. The van der Waals surface area contributed by atoms with E-state index < -0.39 is 42.2 Å². The molecule has 14 heteroatoms. The molecule has 3 heterocycles. The van der Waals surface area contributed by atoms with Crippen LogP contribution in [0.4, 0.5) is 5.69 Å². The fourth-order valence-corrected chi connectivity index (χ4v) is 4.24. The third-order valence-electron chi connectivity index (χ3n) is 6.20. The lowest BCUT2D eigenvalue weighted by Gasteiger charge is -2.39. The van der Waals surface area contributed by atoms with E-state index in [1.807, 2.05) is 0 Å². The molecule has 2 aromatic carbocycles. The zero-order valence-electron chi connectivity index (χ0n) is 19.1. The minimum atomic E-state index is -1.59. The lowest BCUT2D eigenvalue weighted by Crippen LogP contribution is -2.56. The number of nitro groups is 1. The Kier molecular flexibility index (Phi) is 6.49. The zero-order valence-corrected chi connectivity index (χ0v) is 19.1. The number of rotatable bonds is 6. The van der Waals surface area contributed by atoms with Gasteiger partial charge in [-0.1, -0.05) is 17.3 Å². The summed E-state index contributed by atoms with van der Waals surface area (Å²) in [5.41, 5.74) is 0.707. The molecule has 1 fully saturated rings. The highest BCUT2D eigenvalue weighted by Crippen LogP contribution is 2.28. The van der Waals surface area contributed by atoms with E-state index in [9.17, 15) is 35.3 Å². The number of benzene rings is 2. The average Bonchev–Trinajstić information content (AvgIpc) is 3.37. The molecule has 37 heavy (non-hydrogen) atoms. The van der Waals surface area contributed by atoms with Crippen molar-refractivity contribution in [2.45, 2.75) is 37.2 Å². The second-order valence-electron chi connectivity index (χ2n) is 8.56. The molecule has 1 aliphatic rings. The van der Waals surface area contributed by atoms with Crippen LogP contribution in [-0.2, 0) is 11.3 Å². The summed E-state index contributed by atoms with van der Waals surface area (Å²) in [6, 6.07) is 12.4. The van der Waals surface area contributed by atoms with Crippen LogP contribution in [-0.4, -0.2) is 80.9 Å². The van der Waals surface area contributed by atoms with Gasteiger partial charge in [0.15, 0.2) is 6.23 Å². The quantitative estimate of drug-likeness (QED) is 0.194. The van der Waals surface area contributed by atoms with E-state index >= 15 is 0 Å². The molecule has 4 aromatic rings. The summed E-state index contributed by atoms with van der Waals surface area (Å²) in [6.45, 7) is -0.694. The van der Waals surface area contributed by atoms with Crippen molar-refractivity contribution in [1.29, 1.82) is 0 Å². The monoisotopic (exact) mass is 510 g/mol. The molecule has 5 atom stereocenters. The van der Waals surface area contributed by atoms with Gasteiger partial charge in [0.25, 0.3) is 11.2 Å². The number of fused-ring (bicyclic) bond motifs is 1. The van der Waals surface area contributed by atoms with Crippen LogP contribution in [0, 0.1) is 10.1 Å². The predicted molar refractivity (Wildman–Crippen MR) is 126 cm³/mol. The molecule has 1 saturated heterocycles. The minimum Gasteiger partial charge on any atom is -0.394 e. The molecule has 5 rings (SSSR count). The predicted octanol–water partition coefficient (Wildman–Crippen LogP) is -0.416. The highest BCUT2D eigenvalue weighted by Gasteiger charge is 2.44. The highest BCUT2D eigenvalue weighted by atomic mass is 16.6. The second-order valence-corrected chi connectivity index (χ2v) is 8.56. The Bertz CT molecular complexity index is 1500. The van der Waals surface area contributed by atoms with E-state index in [-0.39, 0.29) is 29.3 Å². The minimum absolute atomic E-state index is 0.0968. The van der Waals surface area contributed by atoms with Crippen LogP contribution in [0.2, 0.25) is 0 Å². The van der Waals surface area contributed by atoms with Gasteiger partial charge in [0, 0.05) is 17.7 Å². The maximum absolute atomic E-state index is 13.4. The van der Waals surface area contributed by atoms with Crippen LogP contribution in [0.15, 0.2) is 59.5 Å². The number of hydrogen-bond acceptors (Lipinski definition) is 11. The van der Waals surface area contributed by atoms with Crippen molar-refractivity contribution in [3.8, 4) is 11.4 Å². The Morgan fingerprint density at radius 1 is 1.03 bits per heavy atom. The molecular weight excluding hydrogens is 488 g/mol. The fraction of sp³-hybridized carbons (Fsp3) is 0.304. The molecule has 0 amide bonds. The Balaban J connectivity index is 1.53. The first-order valence-corrected chi connectivity index (χ1v) is 11.2. The number of nitrogens with zero attached hydrogens (tertiary/aromatic N) is 6. The van der Waals surface area contributed by atoms with Crippen LogP contribution in [0.5, 0.6) is 0 Å². The second kappa shape index (κ2) is 9.76. The van der Waals surface area contributed by atoms with Gasteiger partial charge in [-0.25, -0.2) is 9.67 Å². The van der Waals surface area contributed by atoms with Crippen LogP contribution in [0.3, 0.4) is 0 Å². The summed E-state index contributed by atoms with van der Waals surface area (Å²) in [4.78, 5) is 28.6. The Morgan fingerprint density at radius 3 is 2.46 bits per heavy atom. The van der Waals surface area contributed by atoms with Gasteiger partial charge in [-0.15, -0.1) is 5.10 Å². The first-order valence-electron chi connectivity index (χ1n) is 11.2. The van der Waals surface area contributed by atoms with Crippen LogP contribution in [0.1, 0.15) is 11.9 Å². The average molecular weight is 510 g/mol. The molecule has 2 aromatic heterocycles. The molecule has 0 bridgehead atoms. The number of aliphatic hydroxyl groups is 4. The highest BCUT2D eigenvalue weighted by molar-refractivity contribution is 5.79. The fourth-order valence-electron chi connectivity index (χ4n) is 4.24. The van der Waals surface area contributed by atoms with Crippen LogP contribution < -0.4 is 5.56 Å². The number of non-ortho nitro benzene ring substituents is 1. The third-order valence-corrected chi connectivity index (χ3v) is 6.20. The molecule has 0 unspecified atom stereocenters. The molecular formula is C23H22N6O8. The lowest BCUT2D eigenvalue weighted by molar-refractivity contribution is -0.384. The number of hydrogen-bond donors (Lipinski definition) is 4. The molecule has 192 valence electrons. The van der Waals surface area contributed by atoms with Gasteiger partial charge < -0.3 is 25.2 Å². The van der Waals surface area contributed by atoms with E-state index in [1.54, 1.807) is 24.3 Å². The molecule has 14 nitrogen and oxygen atoms in total. The van der Waals surface area contributed by atoms with E-state index in [0.29, 0.717) is 16.5 Å². The number of aromatic nitrogens is 5. The standard InChI is InChI=1S/C23H22N6O8/c30-11-17-18(31)19(32)20(33)23(37-17)28-10-13(25-26-28)9-27-21(12-5-7-14(8-6-12)29(35)36)24-16-4-2-1-3-15(16)22(27)34/h1-8,10,17-20,23,30-33H,9,11H2/t17-,18+,19+,20-,23-/m1/s1. The zero-order chi connectivity index (χ0) is 26.3. The normalized spacial score (nSPS) is 23.8. The Labute approximate surface area is 207 Å². The summed E-state index contributed by atoms with van der Waals surface area (Å²) >= 11 is 0. The maximum Gasteiger partial charge on any atom is 0.269 e. The molecule has 0 aliphatic carbocycles. The summed E-state index contributed by atoms with van der Waals surface area (Å²) in [5, 5.41) is 59.3. The number of nitro benzene ring substituents is 1. The van der Waals surface area contributed by atoms with Gasteiger partial charge in [0.05, 0.1) is 35.2 Å². The van der Waals surface area contributed by atoms with Crippen molar-refractivity contribution in [1.82, 2.24) is 24.5 Å². The summed E-state index contributed by atoms with van der Waals surface area (Å²) in [5.74, 6) is 0.251. The van der Waals surface area contributed by atoms with Crippen molar-refractivity contribution in [2.75, 3.05) is 6.61 Å². The van der Waals surface area contributed by atoms with Gasteiger partial charge in [0.2, 0.25) is 0 Å². The molecule has 0 radical (unpaired) electrons. The van der Waals surface area contributed by atoms with Crippen LogP contribution >= 0.6 is 0 Å². The summed E-state index contributed by atoms with van der Waals surface area (Å²) < 4.78 is 7.98. The van der Waals surface area contributed by atoms with Gasteiger partial charge >= 0.3 is 0 Å². The van der Waals surface area contributed by atoms with Crippen molar-refractivity contribution in [2.24, 2.45) is 0 Å². The lowest BCUT2D eigenvalue weighted by atomic mass is 9.98. The Morgan fingerprint density at radius 2 is 1.76 bits per heavy atom. The largest absolute Gasteiger partial charge is 0.394 e. The van der Waals surface area contributed by atoms with Crippen molar-refractivity contribution >= 4 is 16.6 Å². The molecule has 4 N–H and O–H groups in total. The van der Waals surface area contributed by atoms with E-state index in [2.05, 4.69) is 15.3 Å². The van der Waals surface area contributed by atoms with Gasteiger partial charge in [0.1, 0.15) is 35.9 Å². The first kappa shape index (κ1) is 24.6. The van der Waals surface area contributed by atoms with Crippen molar-refractivity contribution in [3.63, 3.8) is 0 Å². The van der Waals surface area contributed by atoms with E-state index in [4.69, 9.17) is 4.74 Å². The Hall–Kier alpha value is -4.08. The van der Waals surface area contributed by atoms with Crippen LogP contribution in [0.25, 0.3) is 22.3 Å². The van der Waals surface area contributed by atoms with Gasteiger partial charge in [-0.2, -0.15) is 0 Å². The van der Waals surface area contributed by atoms with Gasteiger partial charge in [-0.05, 0) is 24.3 Å². The topological polar surface area (TPSA) is 199 Å². The summed E-state index contributed by atoms with van der Waals surface area (Å²) in [6.07, 6.45) is -5.66. The first-order chi connectivity index (χ1) is 17.8. The van der Waals surface area contributed by atoms with Gasteiger partial charge in [-0.3, -0.25) is 19.5 Å². The molecule has 1 aliphatic heterocycles. The third kappa shape index (κ3) is 4.47. The van der Waals surface area contributed by atoms with Crippen molar-refractivity contribution < 1.29 is 30.1 Å². The number of para-hydroxylation sites is 1. The maximum atomic E-state index is 13.4. The van der Waals surface area contributed by atoms with E-state index in [1.165, 1.54) is 35.0 Å². The SMILES string of the molecule is O=c1c2ccccc2nc(-c2ccc([N+](=O)[O-])cc2)n1Cc1cn([C@@H]2O[C@H](CO)[C@H](O)[C@H](O)[C@H]2O)nn1. The smallest absolute Gasteiger partial charge is 0.269 e. The van der Waals surface area contributed by atoms with E-state index in [0.717, 1.165) is 4.68 Å². The molecule has 0 spiro atoms. The van der Waals surface area contributed by atoms with Crippen molar-refractivity contribution in [3.05, 3.63) is 80.9 Å². The summed E-state index contributed by atoms with van der Waals surface area (Å²) in [7, 11) is 0. The number of ether oxygens (including phenoxy) is 1. The number of aliphatic hydroxyl groups excluding tert-OH is 4.